The Kier molecular flexibility index (Phi) is 6.36. The van der Waals surface area contributed by atoms with Gasteiger partial charge in [0.15, 0.2) is 11.5 Å². The number of benzene rings is 2. The molecule has 0 saturated carbocycles. The summed E-state index contributed by atoms with van der Waals surface area (Å²) in [4.78, 5) is 27.3. The van der Waals surface area contributed by atoms with Crippen LogP contribution in [-0.4, -0.2) is 43.5 Å². The van der Waals surface area contributed by atoms with Gasteiger partial charge in [0.2, 0.25) is 5.91 Å². The molecule has 1 fully saturated rings. The highest BCUT2D eigenvalue weighted by molar-refractivity contribution is 9.10. The molecule has 0 unspecified atom stereocenters. The molecule has 2 aromatic carbocycles. The third-order valence-electron chi connectivity index (χ3n) is 4.43. The molecule has 1 N–H and O–H groups in total. The van der Waals surface area contributed by atoms with E-state index in [4.69, 9.17) is 9.47 Å². The molecule has 2 aromatic rings. The van der Waals surface area contributed by atoms with E-state index in [-0.39, 0.29) is 11.8 Å². The van der Waals surface area contributed by atoms with E-state index in [1.54, 1.807) is 29.2 Å². The highest BCUT2D eigenvalue weighted by Crippen LogP contribution is 2.31. The van der Waals surface area contributed by atoms with E-state index in [0.29, 0.717) is 36.8 Å². The molecular formula is C21H21BrN2O4. The number of hydrogen-bond donors (Lipinski definition) is 1. The van der Waals surface area contributed by atoms with Crippen molar-refractivity contribution in [2.75, 3.05) is 26.8 Å². The van der Waals surface area contributed by atoms with Gasteiger partial charge < -0.3 is 19.7 Å². The Bertz CT molecular complexity index is 882. The summed E-state index contributed by atoms with van der Waals surface area (Å²) in [6.45, 7) is 4.79. The number of nitrogens with one attached hydrogen (secondary N) is 1. The van der Waals surface area contributed by atoms with Gasteiger partial charge in [-0.1, -0.05) is 40.7 Å². The van der Waals surface area contributed by atoms with E-state index in [1.165, 1.54) is 7.11 Å². The van der Waals surface area contributed by atoms with Gasteiger partial charge in [-0.15, -0.1) is 0 Å². The lowest BCUT2D eigenvalue weighted by Gasteiger charge is -2.35. The number of amides is 2. The number of piperazine rings is 1. The monoisotopic (exact) mass is 444 g/mol. The number of carbonyl (C=O) groups excluding carboxylic acids is 2. The van der Waals surface area contributed by atoms with Crippen LogP contribution < -0.4 is 14.8 Å². The number of ether oxygens (including phenoxy) is 2. The van der Waals surface area contributed by atoms with Gasteiger partial charge in [0.1, 0.15) is 12.6 Å². The second kappa shape index (κ2) is 8.93. The van der Waals surface area contributed by atoms with Crippen LogP contribution in [0.15, 0.2) is 59.6 Å². The van der Waals surface area contributed by atoms with Gasteiger partial charge >= 0.3 is 0 Å². The van der Waals surface area contributed by atoms with Crippen LogP contribution in [0.2, 0.25) is 0 Å². The smallest absolute Gasteiger partial charge is 0.255 e. The second-order valence-corrected chi connectivity index (χ2v) is 7.12. The van der Waals surface area contributed by atoms with Crippen molar-refractivity contribution >= 4 is 27.7 Å². The average Bonchev–Trinajstić information content (AvgIpc) is 2.72. The fourth-order valence-corrected chi connectivity index (χ4v) is 3.36. The van der Waals surface area contributed by atoms with Crippen LogP contribution >= 0.6 is 15.9 Å². The Morgan fingerprint density at radius 2 is 2.04 bits per heavy atom. The van der Waals surface area contributed by atoms with Crippen molar-refractivity contribution in [2.45, 2.75) is 6.04 Å². The molecule has 1 heterocycles. The fraction of sp³-hybridized carbons (Fsp3) is 0.238. The highest BCUT2D eigenvalue weighted by Gasteiger charge is 2.35. The summed E-state index contributed by atoms with van der Waals surface area (Å²) in [7, 11) is 1.52. The molecule has 7 heteroatoms. The molecule has 1 aliphatic rings. The lowest BCUT2D eigenvalue weighted by Crippen LogP contribution is -2.52. The van der Waals surface area contributed by atoms with Crippen molar-refractivity contribution in [2.24, 2.45) is 0 Å². The van der Waals surface area contributed by atoms with Crippen molar-refractivity contribution < 1.29 is 19.1 Å². The van der Waals surface area contributed by atoms with E-state index >= 15 is 0 Å². The third kappa shape index (κ3) is 4.20. The van der Waals surface area contributed by atoms with Gasteiger partial charge in [-0.25, -0.2) is 0 Å². The maximum atomic E-state index is 13.2. The second-order valence-electron chi connectivity index (χ2n) is 6.21. The normalized spacial score (nSPS) is 16.3. The maximum Gasteiger partial charge on any atom is 0.255 e. The van der Waals surface area contributed by atoms with Crippen LogP contribution in [0, 0.1) is 0 Å². The minimum atomic E-state index is -0.683. The molecule has 0 aliphatic carbocycles. The van der Waals surface area contributed by atoms with Gasteiger partial charge in [0.05, 0.1) is 7.11 Å². The van der Waals surface area contributed by atoms with E-state index < -0.39 is 6.04 Å². The SMILES string of the molecule is C=CCOc1ccc(C(=O)N2CCNC(=O)[C@H]2c2ccc(Br)cc2)cc1OC. The van der Waals surface area contributed by atoms with Crippen LogP contribution in [0.3, 0.4) is 0 Å². The van der Waals surface area contributed by atoms with Crippen LogP contribution in [-0.2, 0) is 4.79 Å². The highest BCUT2D eigenvalue weighted by atomic mass is 79.9. The molecule has 2 amide bonds. The molecule has 0 aromatic heterocycles. The fourth-order valence-electron chi connectivity index (χ4n) is 3.10. The zero-order chi connectivity index (χ0) is 20.1. The first-order valence-electron chi connectivity index (χ1n) is 8.81. The average molecular weight is 445 g/mol. The Morgan fingerprint density at radius 3 is 2.71 bits per heavy atom. The van der Waals surface area contributed by atoms with E-state index in [1.807, 2.05) is 24.3 Å². The van der Waals surface area contributed by atoms with Crippen molar-refractivity contribution in [1.82, 2.24) is 10.2 Å². The molecular weight excluding hydrogens is 424 g/mol. The van der Waals surface area contributed by atoms with Gasteiger partial charge in [0, 0.05) is 23.1 Å². The number of hydrogen-bond acceptors (Lipinski definition) is 4. The summed E-state index contributed by atoms with van der Waals surface area (Å²) in [5, 5.41) is 2.84. The Labute approximate surface area is 172 Å². The van der Waals surface area contributed by atoms with Gasteiger partial charge in [0.25, 0.3) is 5.91 Å². The molecule has 1 saturated heterocycles. The van der Waals surface area contributed by atoms with Crippen molar-refractivity contribution in [3.05, 3.63) is 70.7 Å². The van der Waals surface area contributed by atoms with E-state index in [9.17, 15) is 9.59 Å². The van der Waals surface area contributed by atoms with Crippen LogP contribution in [0.25, 0.3) is 0 Å². The lowest BCUT2D eigenvalue weighted by molar-refractivity contribution is -0.128. The van der Waals surface area contributed by atoms with Crippen LogP contribution in [0.1, 0.15) is 22.0 Å². The zero-order valence-corrected chi connectivity index (χ0v) is 17.1. The number of nitrogens with zero attached hydrogens (tertiary/aromatic N) is 1. The molecule has 1 atom stereocenters. The van der Waals surface area contributed by atoms with Gasteiger partial charge in [-0.3, -0.25) is 9.59 Å². The Morgan fingerprint density at radius 1 is 1.29 bits per heavy atom. The molecule has 0 bridgehead atoms. The number of methoxy groups -OCH3 is 1. The Balaban J connectivity index is 1.91. The Hall–Kier alpha value is -2.80. The topological polar surface area (TPSA) is 67.9 Å². The summed E-state index contributed by atoms with van der Waals surface area (Å²) >= 11 is 3.39. The third-order valence-corrected chi connectivity index (χ3v) is 4.95. The number of rotatable bonds is 6. The van der Waals surface area contributed by atoms with Crippen molar-refractivity contribution in [3.8, 4) is 11.5 Å². The minimum Gasteiger partial charge on any atom is -0.493 e. The standard InChI is InChI=1S/C21H21BrN2O4/c1-3-12-28-17-9-6-15(13-18(17)27-2)21(26)24-11-10-23-20(25)19(24)14-4-7-16(22)8-5-14/h3-9,13,19H,1,10-12H2,2H3,(H,23,25)/t19-/m1/s1. The first-order chi connectivity index (χ1) is 13.5. The van der Waals surface area contributed by atoms with Crippen LogP contribution in [0.5, 0.6) is 11.5 Å². The quantitative estimate of drug-likeness (QED) is 0.693. The van der Waals surface area contributed by atoms with Gasteiger partial charge in [-0.05, 0) is 35.9 Å². The summed E-state index contributed by atoms with van der Waals surface area (Å²) in [6, 6.07) is 11.7. The minimum absolute atomic E-state index is 0.195. The number of halogens is 1. The molecule has 6 nitrogen and oxygen atoms in total. The first kappa shape index (κ1) is 19.9. The molecule has 0 spiro atoms. The van der Waals surface area contributed by atoms with Gasteiger partial charge in [-0.2, -0.15) is 0 Å². The van der Waals surface area contributed by atoms with Crippen LogP contribution in [0.4, 0.5) is 0 Å². The zero-order valence-electron chi connectivity index (χ0n) is 15.5. The first-order valence-corrected chi connectivity index (χ1v) is 9.60. The predicted molar refractivity (Wildman–Crippen MR) is 110 cm³/mol. The molecule has 28 heavy (non-hydrogen) atoms. The summed E-state index contributed by atoms with van der Waals surface area (Å²) in [5.74, 6) is 0.547. The molecule has 1 aliphatic heterocycles. The van der Waals surface area contributed by atoms with E-state index in [0.717, 1.165) is 10.0 Å². The largest absolute Gasteiger partial charge is 0.493 e. The van der Waals surface area contributed by atoms with E-state index in [2.05, 4.69) is 27.8 Å². The summed E-state index contributed by atoms with van der Waals surface area (Å²) < 4.78 is 11.8. The number of carbonyl (C=O) groups is 2. The van der Waals surface area contributed by atoms with Crippen molar-refractivity contribution in [1.29, 1.82) is 0 Å². The van der Waals surface area contributed by atoms with Crippen molar-refractivity contribution in [3.63, 3.8) is 0 Å². The molecule has 146 valence electrons. The summed E-state index contributed by atoms with van der Waals surface area (Å²) in [6.07, 6.45) is 1.63. The predicted octanol–water partition coefficient (Wildman–Crippen LogP) is 3.34. The molecule has 0 radical (unpaired) electrons. The lowest BCUT2D eigenvalue weighted by atomic mass is 10.0. The summed E-state index contributed by atoms with van der Waals surface area (Å²) in [5.41, 5.74) is 1.19. The maximum absolute atomic E-state index is 13.2. The molecule has 3 rings (SSSR count).